The van der Waals surface area contributed by atoms with Crippen molar-refractivity contribution in [1.82, 2.24) is 10.6 Å². The first-order valence-corrected chi connectivity index (χ1v) is 7.97. The Hall–Kier alpha value is -1.07. The van der Waals surface area contributed by atoms with E-state index in [0.717, 1.165) is 26.1 Å². The molecule has 0 unspecified atom stereocenters. The van der Waals surface area contributed by atoms with Gasteiger partial charge in [-0.2, -0.15) is 0 Å². The molecule has 2 rings (SSSR count). The van der Waals surface area contributed by atoms with Gasteiger partial charge in [0.15, 0.2) is 0 Å². The molecule has 0 saturated carbocycles. The van der Waals surface area contributed by atoms with E-state index in [-0.39, 0.29) is 17.0 Å². The highest BCUT2D eigenvalue weighted by Gasteiger charge is 2.35. The standard InChI is InChI=1S/C15H24N2O2S/c1-14(2,3)17-13(18)16-11-15(6-8-19-9-7-15)12-5-4-10-20-12/h4-5,10H,6-9,11H2,1-3H3,(H2,16,17,18). The number of nitrogens with one attached hydrogen (secondary N) is 2. The minimum Gasteiger partial charge on any atom is -0.381 e. The van der Waals surface area contributed by atoms with Crippen molar-refractivity contribution in [2.45, 2.75) is 44.6 Å². The van der Waals surface area contributed by atoms with Gasteiger partial charge in [0, 0.05) is 35.6 Å². The molecule has 112 valence electrons. The van der Waals surface area contributed by atoms with E-state index in [2.05, 4.69) is 28.1 Å². The maximum atomic E-state index is 12.0. The number of carbonyl (C=O) groups excluding carboxylic acids is 1. The molecule has 1 aliphatic heterocycles. The second-order valence-corrected chi connectivity index (χ2v) is 7.38. The minimum absolute atomic E-state index is 0.0294. The van der Waals surface area contributed by atoms with E-state index in [9.17, 15) is 4.79 Å². The lowest BCUT2D eigenvalue weighted by Crippen LogP contribution is -2.51. The van der Waals surface area contributed by atoms with Crippen LogP contribution in [0.3, 0.4) is 0 Å². The third-order valence-corrected chi connectivity index (χ3v) is 4.69. The molecule has 2 heterocycles. The summed E-state index contributed by atoms with van der Waals surface area (Å²) in [5.41, 5.74) is -0.183. The fourth-order valence-electron chi connectivity index (χ4n) is 2.49. The third kappa shape index (κ3) is 3.96. The van der Waals surface area contributed by atoms with Crippen LogP contribution in [0.15, 0.2) is 17.5 Å². The smallest absolute Gasteiger partial charge is 0.315 e. The van der Waals surface area contributed by atoms with Crippen molar-refractivity contribution in [3.63, 3.8) is 0 Å². The Morgan fingerprint density at radius 2 is 2.10 bits per heavy atom. The molecule has 0 atom stereocenters. The van der Waals surface area contributed by atoms with E-state index in [1.807, 2.05) is 20.8 Å². The van der Waals surface area contributed by atoms with Crippen LogP contribution in [-0.2, 0) is 10.2 Å². The van der Waals surface area contributed by atoms with E-state index >= 15 is 0 Å². The summed E-state index contributed by atoms with van der Waals surface area (Å²) in [5, 5.41) is 8.08. The van der Waals surface area contributed by atoms with Crippen LogP contribution in [0.2, 0.25) is 0 Å². The van der Waals surface area contributed by atoms with Crippen LogP contribution in [0, 0.1) is 0 Å². The number of urea groups is 1. The summed E-state index contributed by atoms with van der Waals surface area (Å²) in [6.07, 6.45) is 1.92. The number of hydrogen-bond acceptors (Lipinski definition) is 3. The molecule has 0 spiro atoms. The first kappa shape index (κ1) is 15.3. The van der Waals surface area contributed by atoms with Gasteiger partial charge in [-0.25, -0.2) is 4.79 Å². The van der Waals surface area contributed by atoms with Gasteiger partial charge in [-0.1, -0.05) is 6.07 Å². The lowest BCUT2D eigenvalue weighted by atomic mass is 9.78. The fraction of sp³-hybridized carbons (Fsp3) is 0.667. The summed E-state index contributed by atoms with van der Waals surface area (Å²) in [5.74, 6) is 0. The number of rotatable bonds is 3. The molecule has 0 aliphatic carbocycles. The topological polar surface area (TPSA) is 50.4 Å². The molecule has 1 fully saturated rings. The molecular formula is C15H24N2O2S. The van der Waals surface area contributed by atoms with Crippen LogP contribution < -0.4 is 10.6 Å². The van der Waals surface area contributed by atoms with E-state index in [1.165, 1.54) is 4.88 Å². The van der Waals surface area contributed by atoms with Crippen LogP contribution in [0.25, 0.3) is 0 Å². The molecule has 4 nitrogen and oxygen atoms in total. The number of thiophene rings is 1. The van der Waals surface area contributed by atoms with Gasteiger partial charge in [-0.05, 0) is 45.1 Å². The SMILES string of the molecule is CC(C)(C)NC(=O)NCC1(c2cccs2)CCOCC1. The first-order valence-electron chi connectivity index (χ1n) is 7.09. The molecule has 2 amide bonds. The molecule has 5 heteroatoms. The average molecular weight is 296 g/mol. The van der Waals surface area contributed by atoms with Crippen LogP contribution in [0.4, 0.5) is 4.79 Å². The van der Waals surface area contributed by atoms with Gasteiger partial charge in [-0.3, -0.25) is 0 Å². The first-order chi connectivity index (χ1) is 9.41. The highest BCUT2D eigenvalue weighted by molar-refractivity contribution is 7.10. The van der Waals surface area contributed by atoms with Gasteiger partial charge in [0.25, 0.3) is 0 Å². The third-order valence-electron chi connectivity index (χ3n) is 3.57. The Kier molecular flexibility index (Phi) is 4.70. The number of amides is 2. The van der Waals surface area contributed by atoms with Crippen molar-refractivity contribution in [2.75, 3.05) is 19.8 Å². The number of ether oxygens (including phenoxy) is 1. The zero-order valence-corrected chi connectivity index (χ0v) is 13.3. The van der Waals surface area contributed by atoms with Gasteiger partial charge in [0.05, 0.1) is 0 Å². The molecule has 0 radical (unpaired) electrons. The van der Waals surface area contributed by atoms with Crippen LogP contribution in [-0.4, -0.2) is 31.3 Å². The zero-order chi connectivity index (χ0) is 14.6. The Bertz CT molecular complexity index is 431. The predicted octanol–water partition coefficient (Wildman–Crippen LogP) is 2.89. The maximum Gasteiger partial charge on any atom is 0.315 e. The number of hydrogen-bond donors (Lipinski definition) is 2. The van der Waals surface area contributed by atoms with Crippen LogP contribution >= 0.6 is 11.3 Å². The maximum absolute atomic E-state index is 12.0. The molecule has 1 aromatic heterocycles. The fourth-order valence-corrected chi connectivity index (χ4v) is 3.47. The molecule has 0 bridgehead atoms. The van der Waals surface area contributed by atoms with Gasteiger partial charge in [-0.15, -0.1) is 11.3 Å². The summed E-state index contributed by atoms with van der Waals surface area (Å²) < 4.78 is 5.49. The second kappa shape index (κ2) is 6.14. The summed E-state index contributed by atoms with van der Waals surface area (Å²) in [6.45, 7) is 8.14. The van der Waals surface area contributed by atoms with Crippen molar-refractivity contribution in [3.05, 3.63) is 22.4 Å². The zero-order valence-electron chi connectivity index (χ0n) is 12.5. The summed E-state index contributed by atoms with van der Waals surface area (Å²) in [7, 11) is 0. The van der Waals surface area contributed by atoms with Crippen molar-refractivity contribution in [3.8, 4) is 0 Å². The van der Waals surface area contributed by atoms with E-state index in [1.54, 1.807) is 11.3 Å². The Labute approximate surface area is 124 Å². The normalized spacial score (nSPS) is 18.6. The minimum atomic E-state index is -0.212. The lowest BCUT2D eigenvalue weighted by molar-refractivity contribution is 0.0518. The molecule has 1 saturated heterocycles. The largest absolute Gasteiger partial charge is 0.381 e. The molecule has 1 aliphatic rings. The van der Waals surface area contributed by atoms with Crippen LogP contribution in [0.5, 0.6) is 0 Å². The van der Waals surface area contributed by atoms with E-state index < -0.39 is 0 Å². The molecule has 1 aromatic rings. The average Bonchev–Trinajstić information content (AvgIpc) is 2.90. The van der Waals surface area contributed by atoms with Crippen molar-refractivity contribution in [1.29, 1.82) is 0 Å². The van der Waals surface area contributed by atoms with Crippen LogP contribution in [0.1, 0.15) is 38.5 Å². The Morgan fingerprint density at radius 3 is 2.65 bits per heavy atom. The van der Waals surface area contributed by atoms with E-state index in [4.69, 9.17) is 4.74 Å². The quantitative estimate of drug-likeness (QED) is 0.901. The summed E-state index contributed by atoms with van der Waals surface area (Å²) >= 11 is 1.77. The van der Waals surface area contributed by atoms with Crippen molar-refractivity contribution >= 4 is 17.4 Å². The molecule has 2 N–H and O–H groups in total. The predicted molar refractivity (Wildman–Crippen MR) is 82.3 cm³/mol. The Balaban J connectivity index is 2.01. The van der Waals surface area contributed by atoms with Crippen molar-refractivity contribution in [2.24, 2.45) is 0 Å². The Morgan fingerprint density at radius 1 is 1.40 bits per heavy atom. The van der Waals surface area contributed by atoms with E-state index in [0.29, 0.717) is 6.54 Å². The highest BCUT2D eigenvalue weighted by atomic mass is 32.1. The van der Waals surface area contributed by atoms with Gasteiger partial charge < -0.3 is 15.4 Å². The van der Waals surface area contributed by atoms with Crippen molar-refractivity contribution < 1.29 is 9.53 Å². The van der Waals surface area contributed by atoms with Gasteiger partial charge in [0.1, 0.15) is 0 Å². The lowest BCUT2D eigenvalue weighted by Gasteiger charge is -2.37. The monoisotopic (exact) mass is 296 g/mol. The van der Waals surface area contributed by atoms with Gasteiger partial charge >= 0.3 is 6.03 Å². The summed E-state index contributed by atoms with van der Waals surface area (Å²) in [6, 6.07) is 4.14. The molecule has 0 aromatic carbocycles. The second-order valence-electron chi connectivity index (χ2n) is 6.43. The van der Waals surface area contributed by atoms with Gasteiger partial charge in [0.2, 0.25) is 0 Å². The molecular weight excluding hydrogens is 272 g/mol. The number of carbonyl (C=O) groups is 1. The molecule has 20 heavy (non-hydrogen) atoms. The highest BCUT2D eigenvalue weighted by Crippen LogP contribution is 2.36. The summed E-state index contributed by atoms with van der Waals surface area (Å²) in [4.78, 5) is 13.3.